The number of rotatable bonds is 5. The molecule has 0 N–H and O–H groups in total. The highest BCUT2D eigenvalue weighted by Gasteiger charge is 2.60. The Hall–Kier alpha value is -2.51. The number of esters is 1. The van der Waals surface area contributed by atoms with E-state index >= 15 is 0 Å². The highest BCUT2D eigenvalue weighted by atomic mass is 16.7. The van der Waals surface area contributed by atoms with E-state index in [1.165, 1.54) is 5.57 Å². The van der Waals surface area contributed by atoms with Gasteiger partial charge in [-0.3, -0.25) is 19.2 Å². The fourth-order valence-electron chi connectivity index (χ4n) is 7.93. The molecule has 6 atom stereocenters. The largest absolute Gasteiger partial charge is 0.462 e. The van der Waals surface area contributed by atoms with Gasteiger partial charge in [0.2, 0.25) is 0 Å². The zero-order valence-corrected chi connectivity index (χ0v) is 20.7. The van der Waals surface area contributed by atoms with Gasteiger partial charge in [-0.25, -0.2) is 4.79 Å². The molecule has 190 valence electrons. The van der Waals surface area contributed by atoms with E-state index < -0.39 is 23.8 Å². The molecule has 0 aromatic heterocycles. The number of carbonyl (C=O) groups excluding carboxylic acids is 5. The Labute approximate surface area is 205 Å². The van der Waals surface area contributed by atoms with E-state index in [4.69, 9.17) is 9.57 Å². The maximum absolute atomic E-state index is 12.6. The lowest BCUT2D eigenvalue weighted by atomic mass is 9.47. The topological polar surface area (TPSA) is 107 Å². The lowest BCUT2D eigenvalue weighted by molar-refractivity contribution is -0.197. The van der Waals surface area contributed by atoms with Gasteiger partial charge in [0.15, 0.2) is 5.78 Å². The first-order valence-corrected chi connectivity index (χ1v) is 13.1. The molecule has 0 aromatic rings. The summed E-state index contributed by atoms with van der Waals surface area (Å²) in [7, 11) is 0. The zero-order valence-electron chi connectivity index (χ0n) is 20.7. The standard InChI is InChI=1S/C27H35NO7/c1-26-13-11-17(29)15-16(26)3-4-18-19-5-6-21(27(19,2)14-12-20(18)26)34-24(32)9-10-25(33)35-28-22(30)7-8-23(28)31/h15,18-21H,3-14H2,1-2H3/t18-,19-,20-,21+,26-,27-/m0/s1. The van der Waals surface area contributed by atoms with Crippen molar-refractivity contribution < 1.29 is 33.5 Å². The predicted octanol–water partition coefficient (Wildman–Crippen LogP) is 3.82. The summed E-state index contributed by atoms with van der Waals surface area (Å²) in [5.74, 6) is -0.379. The van der Waals surface area contributed by atoms with Gasteiger partial charge in [-0.15, -0.1) is 5.06 Å². The molecule has 8 heteroatoms. The van der Waals surface area contributed by atoms with Crippen LogP contribution in [0.25, 0.3) is 0 Å². The number of imide groups is 1. The third kappa shape index (κ3) is 4.12. The second-order valence-electron chi connectivity index (χ2n) is 11.6. The van der Waals surface area contributed by atoms with Gasteiger partial charge in [-0.05, 0) is 74.2 Å². The predicted molar refractivity (Wildman–Crippen MR) is 123 cm³/mol. The van der Waals surface area contributed by atoms with Crippen molar-refractivity contribution in [2.24, 2.45) is 28.6 Å². The minimum absolute atomic E-state index is 0.0340. The molecular weight excluding hydrogens is 450 g/mol. The fourth-order valence-corrected chi connectivity index (χ4v) is 7.93. The number of ether oxygens (including phenoxy) is 1. The summed E-state index contributed by atoms with van der Waals surface area (Å²) in [4.78, 5) is 64.7. The molecule has 8 nitrogen and oxygen atoms in total. The number of hydrogen-bond donors (Lipinski definition) is 0. The van der Waals surface area contributed by atoms with Gasteiger partial charge in [0.05, 0.1) is 12.8 Å². The van der Waals surface area contributed by atoms with Gasteiger partial charge in [-0.2, -0.15) is 0 Å². The maximum atomic E-state index is 12.6. The van der Waals surface area contributed by atoms with Crippen LogP contribution in [-0.4, -0.2) is 40.7 Å². The summed E-state index contributed by atoms with van der Waals surface area (Å²) >= 11 is 0. The third-order valence-electron chi connectivity index (χ3n) is 9.88. The average Bonchev–Trinajstić information content (AvgIpc) is 3.31. The van der Waals surface area contributed by atoms with Crippen molar-refractivity contribution in [2.75, 3.05) is 0 Å². The molecule has 3 saturated carbocycles. The van der Waals surface area contributed by atoms with E-state index in [1.807, 2.05) is 6.08 Å². The van der Waals surface area contributed by atoms with Crippen LogP contribution in [0.15, 0.2) is 11.6 Å². The van der Waals surface area contributed by atoms with Gasteiger partial charge in [0.1, 0.15) is 6.10 Å². The Morgan fingerprint density at radius 1 is 0.886 bits per heavy atom. The third-order valence-corrected chi connectivity index (χ3v) is 9.88. The summed E-state index contributed by atoms with van der Waals surface area (Å²) in [6.45, 7) is 4.62. The molecule has 4 fully saturated rings. The highest BCUT2D eigenvalue weighted by Crippen LogP contribution is 2.65. The molecule has 5 aliphatic rings. The van der Waals surface area contributed by atoms with Crippen LogP contribution in [0.3, 0.4) is 0 Å². The molecule has 0 bridgehead atoms. The molecule has 35 heavy (non-hydrogen) atoms. The van der Waals surface area contributed by atoms with E-state index in [2.05, 4.69) is 13.8 Å². The number of amides is 2. The Morgan fingerprint density at radius 2 is 1.60 bits per heavy atom. The second kappa shape index (κ2) is 8.86. The van der Waals surface area contributed by atoms with Crippen molar-refractivity contribution in [3.05, 3.63) is 11.6 Å². The molecule has 1 aliphatic heterocycles. The summed E-state index contributed by atoms with van der Waals surface area (Å²) in [5, 5.41) is 0.502. The smallest absolute Gasteiger partial charge is 0.333 e. The number of allylic oxidation sites excluding steroid dienone is 1. The molecular formula is C27H35NO7. The van der Waals surface area contributed by atoms with Crippen LogP contribution in [0.1, 0.15) is 90.9 Å². The first-order valence-electron chi connectivity index (χ1n) is 13.1. The van der Waals surface area contributed by atoms with E-state index in [1.54, 1.807) is 0 Å². The van der Waals surface area contributed by atoms with Crippen molar-refractivity contribution >= 4 is 29.5 Å². The molecule has 1 heterocycles. The van der Waals surface area contributed by atoms with Crippen LogP contribution in [-0.2, 0) is 33.5 Å². The number of hydrogen-bond acceptors (Lipinski definition) is 7. The minimum atomic E-state index is -0.785. The first-order chi connectivity index (χ1) is 16.6. The maximum Gasteiger partial charge on any atom is 0.333 e. The molecule has 0 unspecified atom stereocenters. The number of carbonyl (C=O) groups is 5. The van der Waals surface area contributed by atoms with Crippen LogP contribution >= 0.6 is 0 Å². The Balaban J connectivity index is 1.18. The number of fused-ring (bicyclic) bond motifs is 5. The first kappa shape index (κ1) is 24.2. The van der Waals surface area contributed by atoms with E-state index in [-0.39, 0.29) is 48.4 Å². The number of nitrogens with zero attached hydrogens (tertiary/aromatic N) is 1. The van der Waals surface area contributed by atoms with Gasteiger partial charge >= 0.3 is 11.9 Å². The van der Waals surface area contributed by atoms with Crippen molar-refractivity contribution in [2.45, 2.75) is 97.0 Å². The molecule has 2 amide bonds. The quantitative estimate of drug-likeness (QED) is 0.430. The molecule has 4 aliphatic carbocycles. The van der Waals surface area contributed by atoms with Crippen LogP contribution in [0, 0.1) is 28.6 Å². The summed E-state index contributed by atoms with van der Waals surface area (Å²) < 4.78 is 5.92. The van der Waals surface area contributed by atoms with E-state index in [0.29, 0.717) is 29.2 Å². The van der Waals surface area contributed by atoms with Crippen molar-refractivity contribution in [3.63, 3.8) is 0 Å². The SMILES string of the molecule is C[C@]12CC[C@H]3[C@@H](CCC4=CC(=O)CC[C@@]43C)[C@@H]1CC[C@H]2OC(=O)CCC(=O)ON1C(=O)CCC1=O. The summed E-state index contributed by atoms with van der Waals surface area (Å²) in [5.41, 5.74) is 1.39. The molecule has 0 spiro atoms. The Bertz CT molecular complexity index is 985. The van der Waals surface area contributed by atoms with Gasteiger partial charge in [0, 0.05) is 24.7 Å². The lowest BCUT2D eigenvalue weighted by Crippen LogP contribution is -2.51. The Kier molecular flexibility index (Phi) is 6.12. The monoisotopic (exact) mass is 485 g/mol. The lowest BCUT2D eigenvalue weighted by Gasteiger charge is -2.57. The molecule has 1 saturated heterocycles. The van der Waals surface area contributed by atoms with E-state index in [0.717, 1.165) is 44.9 Å². The highest BCUT2D eigenvalue weighted by molar-refractivity contribution is 6.01. The molecule has 0 radical (unpaired) electrons. The van der Waals surface area contributed by atoms with Crippen LogP contribution in [0.5, 0.6) is 0 Å². The van der Waals surface area contributed by atoms with Crippen LogP contribution in [0.4, 0.5) is 0 Å². The van der Waals surface area contributed by atoms with Gasteiger partial charge in [0.25, 0.3) is 11.8 Å². The summed E-state index contributed by atoms with van der Waals surface area (Å²) in [6, 6.07) is 0. The van der Waals surface area contributed by atoms with Crippen molar-refractivity contribution in [1.29, 1.82) is 0 Å². The fraction of sp³-hybridized carbons (Fsp3) is 0.741. The van der Waals surface area contributed by atoms with Gasteiger partial charge in [-0.1, -0.05) is 19.4 Å². The number of ketones is 1. The van der Waals surface area contributed by atoms with Gasteiger partial charge < -0.3 is 9.57 Å². The van der Waals surface area contributed by atoms with E-state index in [9.17, 15) is 24.0 Å². The Morgan fingerprint density at radius 3 is 2.34 bits per heavy atom. The molecule has 5 rings (SSSR count). The average molecular weight is 486 g/mol. The molecule has 0 aromatic carbocycles. The normalized spacial score (nSPS) is 38.4. The second-order valence-corrected chi connectivity index (χ2v) is 11.6. The zero-order chi connectivity index (χ0) is 25.0. The number of hydroxylamine groups is 2. The van der Waals surface area contributed by atoms with Crippen molar-refractivity contribution in [1.82, 2.24) is 5.06 Å². The summed E-state index contributed by atoms with van der Waals surface area (Å²) in [6.07, 6.45) is 9.07. The van der Waals surface area contributed by atoms with Crippen LogP contribution < -0.4 is 0 Å². The minimum Gasteiger partial charge on any atom is -0.462 e. The van der Waals surface area contributed by atoms with Crippen LogP contribution in [0.2, 0.25) is 0 Å². The van der Waals surface area contributed by atoms with Crippen molar-refractivity contribution in [3.8, 4) is 0 Å².